The molecule has 188 valence electrons. The highest BCUT2D eigenvalue weighted by atomic mass is 32.2. The summed E-state index contributed by atoms with van der Waals surface area (Å²) in [5, 5.41) is 2.56. The lowest BCUT2D eigenvalue weighted by atomic mass is 10.2. The molecule has 0 saturated carbocycles. The van der Waals surface area contributed by atoms with Gasteiger partial charge in [0.25, 0.3) is 15.9 Å². The summed E-state index contributed by atoms with van der Waals surface area (Å²) in [6.45, 7) is 1.05. The van der Waals surface area contributed by atoms with Gasteiger partial charge in [-0.05, 0) is 36.9 Å². The summed E-state index contributed by atoms with van der Waals surface area (Å²) >= 11 is 1.77. The van der Waals surface area contributed by atoms with Crippen LogP contribution in [0, 0.1) is 11.6 Å². The fraction of sp³-hybridized carbons (Fsp3) is 0.409. The van der Waals surface area contributed by atoms with Gasteiger partial charge in [-0.25, -0.2) is 26.3 Å². The van der Waals surface area contributed by atoms with Crippen molar-refractivity contribution in [2.75, 3.05) is 51.5 Å². The van der Waals surface area contributed by atoms with Gasteiger partial charge < -0.3 is 10.1 Å². The lowest BCUT2D eigenvalue weighted by Crippen LogP contribution is -2.48. The van der Waals surface area contributed by atoms with Crippen molar-refractivity contribution in [3.63, 3.8) is 0 Å². The van der Waals surface area contributed by atoms with Crippen LogP contribution < -0.4 is 10.0 Å². The zero-order valence-corrected chi connectivity index (χ0v) is 20.5. The minimum absolute atomic E-state index is 0.234. The Bertz CT molecular complexity index is 1010. The Morgan fingerprint density at radius 2 is 1.79 bits per heavy atom. The van der Waals surface area contributed by atoms with Crippen molar-refractivity contribution in [2.24, 2.45) is 0 Å². The van der Waals surface area contributed by atoms with Crippen molar-refractivity contribution in [3.8, 4) is 0 Å². The number of halogens is 3. The van der Waals surface area contributed by atoms with E-state index in [1.54, 1.807) is 16.5 Å². The maximum Gasteiger partial charge on any atom is 0.264 e. The number of carbonyl (C=O) groups excluding carboxylic acids is 1. The van der Waals surface area contributed by atoms with Crippen LogP contribution >= 0.6 is 11.8 Å². The highest BCUT2D eigenvalue weighted by Crippen LogP contribution is 2.23. The average molecular weight is 520 g/mol. The number of methoxy groups -OCH3 is 1. The second kappa shape index (κ2) is 13.6. The van der Waals surface area contributed by atoms with E-state index < -0.39 is 50.9 Å². The number of carbonyl (C=O) groups is 1. The van der Waals surface area contributed by atoms with Crippen LogP contribution in [0.15, 0.2) is 52.3 Å². The first-order chi connectivity index (χ1) is 16.2. The zero-order chi connectivity index (χ0) is 25.1. The highest BCUT2D eigenvalue weighted by molar-refractivity contribution is 7.98. The fourth-order valence-electron chi connectivity index (χ4n) is 3.01. The molecule has 0 atom stereocenters. The molecule has 2 aromatic carbocycles. The molecule has 2 N–H and O–H groups in total. The number of sulfonamides is 1. The number of hydrogen-bond donors (Lipinski definition) is 2. The summed E-state index contributed by atoms with van der Waals surface area (Å²) in [4.78, 5) is 13.8. The summed E-state index contributed by atoms with van der Waals surface area (Å²) in [7, 11) is -3.21. The molecule has 0 spiro atoms. The van der Waals surface area contributed by atoms with Gasteiger partial charge >= 0.3 is 0 Å². The summed E-state index contributed by atoms with van der Waals surface area (Å²) in [5.41, 5.74) is -0.459. The van der Waals surface area contributed by atoms with Crippen LogP contribution in [0.3, 0.4) is 0 Å². The summed E-state index contributed by atoms with van der Waals surface area (Å²) < 4.78 is 70.9. The number of rotatable bonds is 10. The number of nitrogens with zero attached hydrogens (tertiary/aromatic N) is 1. The van der Waals surface area contributed by atoms with Gasteiger partial charge in [0.1, 0.15) is 18.5 Å². The van der Waals surface area contributed by atoms with Crippen molar-refractivity contribution in [2.45, 2.75) is 22.4 Å². The van der Waals surface area contributed by atoms with E-state index in [9.17, 15) is 26.4 Å². The molecule has 2 aromatic rings. The smallest absolute Gasteiger partial charge is 0.264 e. The summed E-state index contributed by atoms with van der Waals surface area (Å²) in [6.07, 6.45) is 1.81. The quantitative estimate of drug-likeness (QED) is 0.368. The van der Waals surface area contributed by atoms with Gasteiger partial charge in [0.15, 0.2) is 11.6 Å². The molecule has 1 aliphatic rings. The Morgan fingerprint density at radius 1 is 1.18 bits per heavy atom. The fourth-order valence-corrected chi connectivity index (χ4v) is 4.43. The van der Waals surface area contributed by atoms with Crippen LogP contribution in [0.5, 0.6) is 0 Å². The maximum absolute atomic E-state index is 14.1. The standard InChI is InChI=1S/C15H20F3N3O4S.C7H8S/c1-25-9-14(22)20-26(23,24)11-5-12(17)15(13(18)6-11)19-3-2-4-21-7-10(16)8-21;1-8-7-5-3-2-4-6-7/h5-6,10,19H,2-4,7-9H2,1H3,(H,20,22);2-6H,1H3. The van der Waals surface area contributed by atoms with Crippen molar-refractivity contribution >= 4 is 33.4 Å². The number of anilines is 1. The lowest BCUT2D eigenvalue weighted by Gasteiger charge is -2.34. The monoisotopic (exact) mass is 519 g/mol. The van der Waals surface area contributed by atoms with Crippen LogP contribution in [0.4, 0.5) is 18.9 Å². The minimum Gasteiger partial charge on any atom is -0.380 e. The van der Waals surface area contributed by atoms with Gasteiger partial charge in [-0.1, -0.05) is 18.2 Å². The number of thioether (sulfide) groups is 1. The SMILES string of the molecule is COCC(=O)NS(=O)(=O)c1cc(F)c(NCCCN2CC(F)C2)c(F)c1.CSc1ccccc1. The molecule has 7 nitrogen and oxygen atoms in total. The number of benzene rings is 2. The number of nitrogens with one attached hydrogen (secondary N) is 2. The Kier molecular flexibility index (Phi) is 11.2. The maximum atomic E-state index is 14.1. The third-order valence-corrected chi connectivity index (χ3v) is 6.79. The number of alkyl halides is 1. The van der Waals surface area contributed by atoms with E-state index in [2.05, 4.69) is 28.4 Å². The molecule has 0 radical (unpaired) electrons. The molecule has 1 aliphatic heterocycles. The first-order valence-corrected chi connectivity index (χ1v) is 13.1. The van der Waals surface area contributed by atoms with Crippen molar-refractivity contribution in [1.82, 2.24) is 9.62 Å². The average Bonchev–Trinajstić information content (AvgIpc) is 2.77. The number of hydrogen-bond acceptors (Lipinski definition) is 7. The molecule has 34 heavy (non-hydrogen) atoms. The molecule has 1 heterocycles. The number of likely N-dealkylation sites (tertiary alicyclic amines) is 1. The molecule has 0 aliphatic carbocycles. The Hall–Kier alpha value is -2.28. The van der Waals surface area contributed by atoms with E-state index in [0.29, 0.717) is 38.2 Å². The van der Waals surface area contributed by atoms with Crippen molar-refractivity contribution in [1.29, 1.82) is 0 Å². The van der Waals surface area contributed by atoms with Crippen LogP contribution in [-0.2, 0) is 19.6 Å². The third-order valence-electron chi connectivity index (χ3n) is 4.69. The van der Waals surface area contributed by atoms with Crippen LogP contribution in [0.1, 0.15) is 6.42 Å². The summed E-state index contributed by atoms with van der Waals surface area (Å²) in [6, 6.07) is 11.6. The Labute approximate surface area is 202 Å². The molecule has 0 aromatic heterocycles. The van der Waals surface area contributed by atoms with Gasteiger partial charge in [-0.2, -0.15) is 0 Å². The highest BCUT2D eigenvalue weighted by Gasteiger charge is 2.25. The van der Waals surface area contributed by atoms with E-state index in [1.807, 2.05) is 23.1 Å². The zero-order valence-electron chi connectivity index (χ0n) is 18.9. The minimum atomic E-state index is -4.41. The molecule has 1 saturated heterocycles. The Balaban J connectivity index is 0.000000430. The van der Waals surface area contributed by atoms with Crippen molar-refractivity contribution < 1.29 is 31.1 Å². The van der Waals surface area contributed by atoms with E-state index in [1.165, 1.54) is 12.0 Å². The predicted molar refractivity (Wildman–Crippen MR) is 126 cm³/mol. The lowest BCUT2D eigenvalue weighted by molar-refractivity contribution is -0.122. The summed E-state index contributed by atoms with van der Waals surface area (Å²) in [5.74, 6) is -3.16. The van der Waals surface area contributed by atoms with Crippen molar-refractivity contribution in [3.05, 3.63) is 54.1 Å². The predicted octanol–water partition coefficient (Wildman–Crippen LogP) is 3.28. The van der Waals surface area contributed by atoms with Crippen LogP contribution in [0.25, 0.3) is 0 Å². The van der Waals surface area contributed by atoms with Gasteiger partial charge in [0, 0.05) is 38.2 Å². The van der Waals surface area contributed by atoms with Gasteiger partial charge in [0.05, 0.1) is 4.90 Å². The first kappa shape index (κ1) is 28.0. The first-order valence-electron chi connectivity index (χ1n) is 10.4. The number of amides is 1. The molecule has 1 amide bonds. The van der Waals surface area contributed by atoms with Crippen LogP contribution in [0.2, 0.25) is 0 Å². The largest absolute Gasteiger partial charge is 0.380 e. The molecular weight excluding hydrogens is 491 g/mol. The van der Waals surface area contributed by atoms with E-state index >= 15 is 0 Å². The molecule has 1 fully saturated rings. The van der Waals surface area contributed by atoms with Gasteiger partial charge in [0.2, 0.25) is 0 Å². The molecule has 0 unspecified atom stereocenters. The van der Waals surface area contributed by atoms with Crippen LogP contribution in [-0.4, -0.2) is 71.5 Å². The normalized spacial score (nSPS) is 14.0. The van der Waals surface area contributed by atoms with E-state index in [4.69, 9.17) is 0 Å². The topological polar surface area (TPSA) is 87.7 Å². The molecule has 12 heteroatoms. The van der Waals surface area contributed by atoms with Gasteiger partial charge in [-0.3, -0.25) is 9.69 Å². The molecular formula is C22H28F3N3O4S2. The third kappa shape index (κ3) is 8.82. The second-order valence-electron chi connectivity index (χ2n) is 7.38. The van der Waals surface area contributed by atoms with E-state index in [0.717, 1.165) is 0 Å². The molecule has 0 bridgehead atoms. The second-order valence-corrected chi connectivity index (χ2v) is 9.94. The molecule has 3 rings (SSSR count). The van der Waals surface area contributed by atoms with Gasteiger partial charge in [-0.15, -0.1) is 11.8 Å². The van der Waals surface area contributed by atoms with E-state index in [-0.39, 0.29) is 6.54 Å². The Morgan fingerprint density at radius 3 is 2.29 bits per heavy atom. The number of ether oxygens (including phenoxy) is 1.